The second-order valence-electron chi connectivity index (χ2n) is 4.54. The molecule has 2 heterocycles. The number of fused-ring (bicyclic) bond motifs is 1. The number of hydrogen-bond donors (Lipinski definition) is 1. The molecule has 19 heavy (non-hydrogen) atoms. The van der Waals surface area contributed by atoms with Crippen molar-refractivity contribution in [3.05, 3.63) is 29.5 Å². The highest BCUT2D eigenvalue weighted by atomic mass is 19.1. The van der Waals surface area contributed by atoms with Crippen LogP contribution >= 0.6 is 0 Å². The first kappa shape index (κ1) is 12.0. The number of nitrogens with two attached hydrogens (primary N) is 1. The summed E-state index contributed by atoms with van der Waals surface area (Å²) in [4.78, 5) is 0. The Morgan fingerprint density at radius 3 is 2.84 bits per heavy atom. The summed E-state index contributed by atoms with van der Waals surface area (Å²) in [6.45, 7) is 0.447. The second-order valence-corrected chi connectivity index (χ2v) is 4.54. The highest BCUT2D eigenvalue weighted by Crippen LogP contribution is 2.41. The molecule has 2 N–H and O–H groups in total. The molecular formula is C13H13F2N3O. The Balaban J connectivity index is 2.29. The van der Waals surface area contributed by atoms with Gasteiger partial charge in [0.2, 0.25) is 0 Å². The van der Waals surface area contributed by atoms with Gasteiger partial charge in [-0.2, -0.15) is 5.10 Å². The minimum absolute atomic E-state index is 0.196. The Bertz CT molecular complexity index is 652. The maximum Gasteiger partial charge on any atom is 0.137 e. The fourth-order valence-electron chi connectivity index (χ4n) is 2.34. The van der Waals surface area contributed by atoms with Gasteiger partial charge in [-0.1, -0.05) is 0 Å². The molecule has 1 aromatic heterocycles. The van der Waals surface area contributed by atoms with E-state index in [1.165, 1.54) is 10.9 Å². The number of benzene rings is 1. The van der Waals surface area contributed by atoms with Crippen LogP contribution in [-0.4, -0.2) is 16.4 Å². The van der Waals surface area contributed by atoms with Crippen LogP contribution < -0.4 is 10.5 Å². The van der Waals surface area contributed by atoms with Crippen LogP contribution in [0.3, 0.4) is 0 Å². The fourth-order valence-corrected chi connectivity index (χ4v) is 2.34. The largest absolute Gasteiger partial charge is 0.492 e. The molecule has 1 aliphatic rings. The lowest BCUT2D eigenvalue weighted by Crippen LogP contribution is -2.12. The van der Waals surface area contributed by atoms with E-state index in [1.54, 1.807) is 7.05 Å². The van der Waals surface area contributed by atoms with Crippen molar-refractivity contribution in [2.24, 2.45) is 7.05 Å². The van der Waals surface area contributed by atoms with Gasteiger partial charge in [-0.3, -0.25) is 4.68 Å². The maximum absolute atomic E-state index is 14.1. The summed E-state index contributed by atoms with van der Waals surface area (Å²) >= 11 is 0. The van der Waals surface area contributed by atoms with Crippen LogP contribution in [0.15, 0.2) is 12.3 Å². The third kappa shape index (κ3) is 1.75. The standard InChI is InChI=1S/C13H13F2N3O/c1-18-13(16)8(6-17-18)11-10(15)5-9(14)7-3-2-4-19-12(7)11/h5-6H,2-4,16H2,1H3. The highest BCUT2D eigenvalue weighted by molar-refractivity contribution is 5.80. The van der Waals surface area contributed by atoms with Crippen LogP contribution in [0.2, 0.25) is 0 Å². The van der Waals surface area contributed by atoms with Crippen molar-refractivity contribution in [2.45, 2.75) is 12.8 Å². The Kier molecular flexibility index (Phi) is 2.66. The zero-order valence-electron chi connectivity index (χ0n) is 10.4. The number of rotatable bonds is 1. The summed E-state index contributed by atoms with van der Waals surface area (Å²) in [5.74, 6) is -0.679. The third-order valence-corrected chi connectivity index (χ3v) is 3.35. The van der Waals surface area contributed by atoms with E-state index >= 15 is 0 Å². The van der Waals surface area contributed by atoms with Crippen LogP contribution in [0.5, 0.6) is 5.75 Å². The van der Waals surface area contributed by atoms with Crippen LogP contribution in [0.1, 0.15) is 12.0 Å². The minimum Gasteiger partial charge on any atom is -0.492 e. The third-order valence-electron chi connectivity index (χ3n) is 3.35. The van der Waals surface area contributed by atoms with Gasteiger partial charge < -0.3 is 10.5 Å². The van der Waals surface area contributed by atoms with Crippen LogP contribution in [0, 0.1) is 11.6 Å². The number of aryl methyl sites for hydroxylation is 1. The van der Waals surface area contributed by atoms with Gasteiger partial charge in [0, 0.05) is 18.7 Å². The monoisotopic (exact) mass is 265 g/mol. The number of ether oxygens (including phenoxy) is 1. The molecule has 0 fully saturated rings. The number of nitrogens with zero attached hydrogens (tertiary/aromatic N) is 2. The van der Waals surface area contributed by atoms with E-state index in [1.807, 2.05) is 0 Å². The molecule has 0 radical (unpaired) electrons. The normalized spacial score (nSPS) is 14.1. The smallest absolute Gasteiger partial charge is 0.137 e. The number of anilines is 1. The molecule has 0 saturated carbocycles. The molecular weight excluding hydrogens is 252 g/mol. The van der Waals surface area contributed by atoms with Crippen LogP contribution in [0.4, 0.5) is 14.6 Å². The SMILES string of the molecule is Cn1ncc(-c2c(F)cc(F)c3c2OCCC3)c1N. The topological polar surface area (TPSA) is 53.1 Å². The molecule has 1 aromatic carbocycles. The van der Waals surface area contributed by atoms with Gasteiger partial charge in [0.1, 0.15) is 23.2 Å². The summed E-state index contributed by atoms with van der Waals surface area (Å²) in [5, 5.41) is 3.98. The average Bonchev–Trinajstić information content (AvgIpc) is 2.71. The van der Waals surface area contributed by atoms with E-state index in [0.29, 0.717) is 30.0 Å². The molecule has 2 aromatic rings. The van der Waals surface area contributed by atoms with Crippen molar-refractivity contribution in [3.8, 4) is 16.9 Å². The molecule has 100 valence electrons. The molecule has 3 rings (SSSR count). The number of nitrogen functional groups attached to an aromatic ring is 1. The van der Waals surface area contributed by atoms with Gasteiger partial charge in [-0.25, -0.2) is 8.78 Å². The Morgan fingerprint density at radius 1 is 1.37 bits per heavy atom. The van der Waals surface area contributed by atoms with Gasteiger partial charge >= 0.3 is 0 Å². The maximum atomic E-state index is 14.1. The predicted molar refractivity (Wildman–Crippen MR) is 66.8 cm³/mol. The van der Waals surface area contributed by atoms with Crippen molar-refractivity contribution in [2.75, 3.05) is 12.3 Å². The van der Waals surface area contributed by atoms with Gasteiger partial charge in [0.05, 0.1) is 23.9 Å². The number of aromatic nitrogens is 2. The quantitative estimate of drug-likeness (QED) is 0.860. The molecule has 0 atom stereocenters. The summed E-state index contributed by atoms with van der Waals surface area (Å²) in [6.07, 6.45) is 2.72. The summed E-state index contributed by atoms with van der Waals surface area (Å²) in [7, 11) is 1.66. The van der Waals surface area contributed by atoms with E-state index in [9.17, 15) is 8.78 Å². The van der Waals surface area contributed by atoms with E-state index in [0.717, 1.165) is 12.5 Å². The van der Waals surface area contributed by atoms with E-state index in [2.05, 4.69) is 5.10 Å². The van der Waals surface area contributed by atoms with E-state index in [4.69, 9.17) is 10.5 Å². The molecule has 6 heteroatoms. The molecule has 0 aliphatic carbocycles. The lowest BCUT2D eigenvalue weighted by Gasteiger charge is -2.21. The Hall–Kier alpha value is -2.11. The van der Waals surface area contributed by atoms with Gasteiger partial charge in [-0.15, -0.1) is 0 Å². The minimum atomic E-state index is -0.683. The van der Waals surface area contributed by atoms with Gasteiger partial charge in [0.15, 0.2) is 0 Å². The fraction of sp³-hybridized carbons (Fsp3) is 0.308. The molecule has 0 bridgehead atoms. The van der Waals surface area contributed by atoms with Crippen LogP contribution in [0.25, 0.3) is 11.1 Å². The van der Waals surface area contributed by atoms with Crippen LogP contribution in [-0.2, 0) is 13.5 Å². The first-order valence-electron chi connectivity index (χ1n) is 6.01. The van der Waals surface area contributed by atoms with Crippen molar-refractivity contribution in [1.82, 2.24) is 9.78 Å². The van der Waals surface area contributed by atoms with Gasteiger partial charge in [0.25, 0.3) is 0 Å². The second kappa shape index (κ2) is 4.22. The van der Waals surface area contributed by atoms with E-state index in [-0.39, 0.29) is 11.3 Å². The van der Waals surface area contributed by atoms with E-state index < -0.39 is 11.6 Å². The van der Waals surface area contributed by atoms with Gasteiger partial charge in [-0.05, 0) is 12.8 Å². The zero-order valence-corrected chi connectivity index (χ0v) is 10.4. The first-order valence-corrected chi connectivity index (χ1v) is 6.01. The predicted octanol–water partition coefficient (Wildman–Crippen LogP) is 2.27. The molecule has 1 aliphatic heterocycles. The number of hydrogen-bond acceptors (Lipinski definition) is 3. The highest BCUT2D eigenvalue weighted by Gasteiger charge is 2.25. The lowest BCUT2D eigenvalue weighted by atomic mass is 9.97. The Morgan fingerprint density at radius 2 is 2.16 bits per heavy atom. The summed E-state index contributed by atoms with van der Waals surface area (Å²) in [6, 6.07) is 0.884. The van der Waals surface area contributed by atoms with Crippen molar-refractivity contribution in [3.63, 3.8) is 0 Å². The van der Waals surface area contributed by atoms with Crippen molar-refractivity contribution < 1.29 is 13.5 Å². The summed E-state index contributed by atoms with van der Waals surface area (Å²) in [5.41, 5.74) is 6.89. The molecule has 0 saturated heterocycles. The molecule has 0 spiro atoms. The summed E-state index contributed by atoms with van der Waals surface area (Å²) < 4.78 is 34.8. The average molecular weight is 265 g/mol. The van der Waals surface area contributed by atoms with Crippen molar-refractivity contribution >= 4 is 5.82 Å². The van der Waals surface area contributed by atoms with Crippen molar-refractivity contribution in [1.29, 1.82) is 0 Å². The number of halogens is 2. The molecule has 0 unspecified atom stereocenters. The molecule has 4 nitrogen and oxygen atoms in total. The zero-order chi connectivity index (χ0) is 13.6. The lowest BCUT2D eigenvalue weighted by molar-refractivity contribution is 0.283. The first-order chi connectivity index (χ1) is 9.09. The Labute approximate surface area is 108 Å². The molecule has 0 amide bonds.